The zero-order valence-corrected chi connectivity index (χ0v) is 20.2. The van der Waals surface area contributed by atoms with Gasteiger partial charge in [-0.2, -0.15) is 0 Å². The predicted molar refractivity (Wildman–Crippen MR) is 130 cm³/mol. The van der Waals surface area contributed by atoms with Gasteiger partial charge in [-0.05, 0) is 37.9 Å². The molecule has 1 aliphatic heterocycles. The van der Waals surface area contributed by atoms with E-state index in [0.717, 1.165) is 17.3 Å². The molecule has 200 valence electrons. The molecule has 5 unspecified atom stereocenters. The summed E-state index contributed by atoms with van der Waals surface area (Å²) in [5.74, 6) is -5.23. The van der Waals surface area contributed by atoms with E-state index < -0.39 is 66.4 Å². The summed E-state index contributed by atoms with van der Waals surface area (Å²) < 4.78 is 0. The second kappa shape index (κ2) is 12.3. The number of carboxylic acid groups (broad SMARTS) is 2. The molecule has 8 N–H and O–H groups in total. The molecule has 2 aromatic rings. The highest BCUT2D eigenvalue weighted by Crippen LogP contribution is 2.19. The summed E-state index contributed by atoms with van der Waals surface area (Å²) in [5, 5.41) is 39.5. The van der Waals surface area contributed by atoms with Crippen LogP contribution in [0.5, 0.6) is 0 Å². The Morgan fingerprint density at radius 3 is 2.35 bits per heavy atom. The number of para-hydroxylation sites is 1. The number of aliphatic hydroxyl groups excluding tert-OH is 1. The molecule has 3 rings (SSSR count). The number of aliphatic hydroxyl groups is 1. The van der Waals surface area contributed by atoms with E-state index in [2.05, 4.69) is 26.3 Å². The van der Waals surface area contributed by atoms with E-state index in [1.165, 1.54) is 6.92 Å². The number of fused-ring (bicyclic) bond motifs is 1. The number of rotatable bonds is 12. The summed E-state index contributed by atoms with van der Waals surface area (Å²) in [7, 11) is 0. The molecule has 13 heteroatoms. The summed E-state index contributed by atoms with van der Waals surface area (Å²) in [6.45, 7) is 1.96. The van der Waals surface area contributed by atoms with Gasteiger partial charge in [-0.15, -0.1) is 0 Å². The fourth-order valence-electron chi connectivity index (χ4n) is 4.21. The van der Waals surface area contributed by atoms with Gasteiger partial charge in [0.25, 0.3) is 0 Å². The molecule has 0 radical (unpaired) electrons. The molecule has 1 saturated heterocycles. The van der Waals surface area contributed by atoms with E-state index >= 15 is 0 Å². The van der Waals surface area contributed by atoms with Gasteiger partial charge in [-0.1, -0.05) is 18.2 Å². The van der Waals surface area contributed by atoms with Crippen molar-refractivity contribution in [2.75, 3.05) is 6.54 Å². The number of benzene rings is 1. The van der Waals surface area contributed by atoms with E-state index in [0.29, 0.717) is 18.5 Å². The summed E-state index contributed by atoms with van der Waals surface area (Å²) in [4.78, 5) is 64.4. The highest BCUT2D eigenvalue weighted by Gasteiger charge is 2.34. The van der Waals surface area contributed by atoms with Crippen LogP contribution in [0.1, 0.15) is 31.7 Å². The first kappa shape index (κ1) is 27.6. The third kappa shape index (κ3) is 7.27. The van der Waals surface area contributed by atoms with Gasteiger partial charge >= 0.3 is 11.9 Å². The van der Waals surface area contributed by atoms with Crippen molar-refractivity contribution in [2.24, 2.45) is 0 Å². The van der Waals surface area contributed by atoms with Crippen LogP contribution >= 0.6 is 0 Å². The van der Waals surface area contributed by atoms with Crippen molar-refractivity contribution < 1.29 is 39.3 Å². The number of aliphatic carboxylic acids is 2. The van der Waals surface area contributed by atoms with Crippen molar-refractivity contribution >= 4 is 40.6 Å². The standard InChI is InChI=1S/C24H31N5O8/c1-12(30)20(29-21(33)16-7-4-8-25-16)23(35)27-17(22(34)28-18(24(36)37)10-19(31)32)9-13-11-26-15-6-3-2-5-14(13)15/h2-3,5-6,11-12,16-18,20,25-26,30H,4,7-10H2,1H3,(H,27,35)(H,28,34)(H,29,33)(H,31,32)(H,36,37). The fourth-order valence-corrected chi connectivity index (χ4v) is 4.21. The van der Waals surface area contributed by atoms with E-state index in [4.69, 9.17) is 5.11 Å². The Bertz CT molecular complexity index is 1160. The van der Waals surface area contributed by atoms with Crippen molar-refractivity contribution in [1.29, 1.82) is 0 Å². The van der Waals surface area contributed by atoms with Gasteiger partial charge < -0.3 is 41.6 Å². The molecule has 0 bridgehead atoms. The van der Waals surface area contributed by atoms with Crippen molar-refractivity contribution in [2.45, 2.75) is 62.9 Å². The van der Waals surface area contributed by atoms with Crippen molar-refractivity contribution in [3.63, 3.8) is 0 Å². The highest BCUT2D eigenvalue weighted by atomic mass is 16.4. The fraction of sp³-hybridized carbons (Fsp3) is 0.458. The average molecular weight is 518 g/mol. The van der Waals surface area contributed by atoms with E-state index in [1.54, 1.807) is 18.3 Å². The summed E-state index contributed by atoms with van der Waals surface area (Å²) in [6, 6.07) is 2.25. The zero-order chi connectivity index (χ0) is 27.1. The lowest BCUT2D eigenvalue weighted by Crippen LogP contribution is -2.60. The SMILES string of the molecule is CC(O)C(NC(=O)C1CCCN1)C(=O)NC(Cc1c[nH]c2ccccc12)C(=O)NC(CC(=O)O)C(=O)O. The van der Waals surface area contributed by atoms with E-state index in [-0.39, 0.29) is 6.42 Å². The summed E-state index contributed by atoms with van der Waals surface area (Å²) in [6.07, 6.45) is 0.758. The Kier molecular flexibility index (Phi) is 9.20. The van der Waals surface area contributed by atoms with Crippen molar-refractivity contribution in [3.05, 3.63) is 36.0 Å². The summed E-state index contributed by atoms with van der Waals surface area (Å²) >= 11 is 0. The van der Waals surface area contributed by atoms with Crippen LogP contribution in [0.4, 0.5) is 0 Å². The van der Waals surface area contributed by atoms with E-state index in [1.807, 2.05) is 12.1 Å². The molecule has 1 aliphatic rings. The van der Waals surface area contributed by atoms with Gasteiger partial charge in [-0.25, -0.2) is 4.79 Å². The number of carboxylic acids is 2. The molecule has 1 aromatic carbocycles. The lowest BCUT2D eigenvalue weighted by atomic mass is 10.0. The molecule has 1 fully saturated rings. The van der Waals surface area contributed by atoms with Crippen LogP contribution in [0.25, 0.3) is 10.9 Å². The maximum absolute atomic E-state index is 13.1. The molecule has 0 saturated carbocycles. The maximum atomic E-state index is 13.1. The topological polar surface area (TPSA) is 210 Å². The van der Waals surface area contributed by atoms with Crippen LogP contribution in [-0.2, 0) is 30.4 Å². The monoisotopic (exact) mass is 517 g/mol. The lowest BCUT2D eigenvalue weighted by Gasteiger charge is -2.26. The molecular weight excluding hydrogens is 486 g/mol. The van der Waals surface area contributed by atoms with Gasteiger partial charge in [0.2, 0.25) is 17.7 Å². The highest BCUT2D eigenvalue weighted by molar-refractivity contribution is 5.95. The number of hydrogen-bond donors (Lipinski definition) is 8. The first-order valence-electron chi connectivity index (χ1n) is 11.9. The van der Waals surface area contributed by atoms with Crippen LogP contribution in [-0.4, -0.2) is 86.8 Å². The largest absolute Gasteiger partial charge is 0.481 e. The first-order valence-corrected chi connectivity index (χ1v) is 11.9. The smallest absolute Gasteiger partial charge is 0.326 e. The van der Waals surface area contributed by atoms with Gasteiger partial charge in [0.15, 0.2) is 0 Å². The van der Waals surface area contributed by atoms with Crippen LogP contribution in [0.15, 0.2) is 30.5 Å². The minimum Gasteiger partial charge on any atom is -0.481 e. The number of carbonyl (C=O) groups is 5. The second-order valence-electron chi connectivity index (χ2n) is 9.00. The van der Waals surface area contributed by atoms with Crippen LogP contribution in [0.3, 0.4) is 0 Å². The molecule has 2 heterocycles. The average Bonchev–Trinajstić information content (AvgIpc) is 3.51. The molecular formula is C24H31N5O8. The molecule has 0 spiro atoms. The van der Waals surface area contributed by atoms with Crippen LogP contribution in [0, 0.1) is 0 Å². The second-order valence-corrected chi connectivity index (χ2v) is 9.00. The van der Waals surface area contributed by atoms with Crippen LogP contribution < -0.4 is 21.3 Å². The number of H-pyrrole nitrogens is 1. The zero-order valence-electron chi connectivity index (χ0n) is 20.2. The number of nitrogens with one attached hydrogen (secondary N) is 5. The van der Waals surface area contributed by atoms with Gasteiger partial charge in [0.05, 0.1) is 18.6 Å². The summed E-state index contributed by atoms with van der Waals surface area (Å²) in [5.41, 5.74) is 1.41. The van der Waals surface area contributed by atoms with Crippen molar-refractivity contribution in [3.8, 4) is 0 Å². The van der Waals surface area contributed by atoms with Gasteiger partial charge in [-0.3, -0.25) is 19.2 Å². The molecule has 1 aromatic heterocycles. The number of hydrogen-bond acceptors (Lipinski definition) is 7. The minimum absolute atomic E-state index is 0.0777. The van der Waals surface area contributed by atoms with E-state index in [9.17, 15) is 34.2 Å². The molecule has 5 atom stereocenters. The molecule has 37 heavy (non-hydrogen) atoms. The Labute approximate surface area is 212 Å². The predicted octanol–water partition coefficient (Wildman–Crippen LogP) is -1.14. The minimum atomic E-state index is -1.73. The first-order chi connectivity index (χ1) is 17.6. The Hall–Kier alpha value is -3.97. The quantitative estimate of drug-likeness (QED) is 0.171. The lowest BCUT2D eigenvalue weighted by molar-refractivity contribution is -0.147. The molecule has 13 nitrogen and oxygen atoms in total. The van der Waals surface area contributed by atoms with Gasteiger partial charge in [0.1, 0.15) is 18.1 Å². The molecule has 3 amide bonds. The number of aromatic nitrogens is 1. The number of carbonyl (C=O) groups excluding carboxylic acids is 3. The normalized spacial score (nSPS) is 18.4. The van der Waals surface area contributed by atoms with Gasteiger partial charge in [0, 0.05) is 23.5 Å². The van der Waals surface area contributed by atoms with Crippen molar-refractivity contribution in [1.82, 2.24) is 26.3 Å². The number of amides is 3. The Balaban J connectivity index is 1.82. The number of aromatic amines is 1. The Morgan fingerprint density at radius 2 is 1.73 bits per heavy atom. The Morgan fingerprint density at radius 1 is 1.03 bits per heavy atom. The third-order valence-electron chi connectivity index (χ3n) is 6.16. The maximum Gasteiger partial charge on any atom is 0.326 e. The third-order valence-corrected chi connectivity index (χ3v) is 6.16. The molecule has 0 aliphatic carbocycles. The van der Waals surface area contributed by atoms with Crippen LogP contribution in [0.2, 0.25) is 0 Å².